The number of para-hydroxylation sites is 1. The molecule has 158 valence electrons. The molecule has 6 nitrogen and oxygen atoms in total. The standard InChI is InChI=1S/C23H26N2O4S/c1-13-7-2-5-11-17(13)24-21(27)19-16-10-6-12-18(16)30-22(19)25-20(26)14-8-3-4-9-15(14)23(28)29/h2,5,7,11,14-15H,3-4,6,8-10,12H2,1H3,(H,24,27)(H,25,26)(H,28,29)/t14-,15+/m0/s1. The number of fused-ring (bicyclic) bond motifs is 1. The molecule has 1 aromatic carbocycles. The molecule has 0 saturated heterocycles. The van der Waals surface area contributed by atoms with Crippen molar-refractivity contribution in [2.75, 3.05) is 10.6 Å². The van der Waals surface area contributed by atoms with Crippen LogP contribution in [0.5, 0.6) is 0 Å². The Bertz CT molecular complexity index is 997. The average Bonchev–Trinajstić information content (AvgIpc) is 3.30. The lowest BCUT2D eigenvalue weighted by molar-refractivity contribution is -0.147. The van der Waals surface area contributed by atoms with E-state index in [0.29, 0.717) is 23.4 Å². The normalized spacial score (nSPS) is 20.4. The van der Waals surface area contributed by atoms with Crippen LogP contribution in [0, 0.1) is 18.8 Å². The number of aryl methyl sites for hydroxylation is 2. The van der Waals surface area contributed by atoms with Gasteiger partial charge in [-0.1, -0.05) is 31.0 Å². The van der Waals surface area contributed by atoms with Crippen LogP contribution in [0.2, 0.25) is 0 Å². The molecule has 2 atom stereocenters. The zero-order chi connectivity index (χ0) is 21.3. The summed E-state index contributed by atoms with van der Waals surface area (Å²) in [5, 5.41) is 16.0. The molecule has 1 fully saturated rings. The van der Waals surface area contributed by atoms with E-state index in [2.05, 4.69) is 10.6 Å². The smallest absolute Gasteiger partial charge is 0.307 e. The van der Waals surface area contributed by atoms with Crippen molar-refractivity contribution in [1.29, 1.82) is 0 Å². The Morgan fingerprint density at radius 1 is 1.00 bits per heavy atom. The summed E-state index contributed by atoms with van der Waals surface area (Å²) in [6, 6.07) is 7.59. The van der Waals surface area contributed by atoms with Gasteiger partial charge in [0.15, 0.2) is 0 Å². The number of aliphatic carboxylic acids is 1. The Morgan fingerprint density at radius 3 is 2.47 bits per heavy atom. The predicted molar refractivity (Wildman–Crippen MR) is 117 cm³/mol. The topological polar surface area (TPSA) is 95.5 Å². The Hall–Kier alpha value is -2.67. The average molecular weight is 427 g/mol. The van der Waals surface area contributed by atoms with Crippen molar-refractivity contribution in [3.8, 4) is 0 Å². The summed E-state index contributed by atoms with van der Waals surface area (Å²) >= 11 is 1.45. The largest absolute Gasteiger partial charge is 0.481 e. The number of hydrogen-bond donors (Lipinski definition) is 3. The first-order valence-electron chi connectivity index (χ1n) is 10.5. The second-order valence-corrected chi connectivity index (χ2v) is 9.26. The number of amides is 2. The van der Waals surface area contributed by atoms with Gasteiger partial charge in [-0.25, -0.2) is 0 Å². The number of carbonyl (C=O) groups is 3. The molecule has 2 aliphatic carbocycles. The van der Waals surface area contributed by atoms with Gasteiger partial charge in [0.1, 0.15) is 5.00 Å². The van der Waals surface area contributed by atoms with E-state index in [0.717, 1.165) is 53.8 Å². The highest BCUT2D eigenvalue weighted by Crippen LogP contribution is 2.40. The van der Waals surface area contributed by atoms with Gasteiger partial charge in [-0.05, 0) is 56.2 Å². The van der Waals surface area contributed by atoms with Gasteiger partial charge in [-0.15, -0.1) is 11.3 Å². The molecule has 0 radical (unpaired) electrons. The molecule has 1 saturated carbocycles. The van der Waals surface area contributed by atoms with Crippen LogP contribution < -0.4 is 10.6 Å². The van der Waals surface area contributed by atoms with Crippen molar-refractivity contribution in [2.24, 2.45) is 11.8 Å². The predicted octanol–water partition coefficient (Wildman–Crippen LogP) is 4.63. The molecule has 7 heteroatoms. The van der Waals surface area contributed by atoms with Crippen LogP contribution in [0.25, 0.3) is 0 Å². The van der Waals surface area contributed by atoms with Crippen LogP contribution in [-0.4, -0.2) is 22.9 Å². The summed E-state index contributed by atoms with van der Waals surface area (Å²) in [4.78, 5) is 38.9. The number of carboxylic acids is 1. The highest BCUT2D eigenvalue weighted by molar-refractivity contribution is 7.17. The maximum Gasteiger partial charge on any atom is 0.307 e. The van der Waals surface area contributed by atoms with Gasteiger partial charge in [0.2, 0.25) is 5.91 Å². The minimum absolute atomic E-state index is 0.225. The van der Waals surface area contributed by atoms with Crippen molar-refractivity contribution in [2.45, 2.75) is 51.9 Å². The number of nitrogens with one attached hydrogen (secondary N) is 2. The molecule has 30 heavy (non-hydrogen) atoms. The number of benzene rings is 1. The Balaban J connectivity index is 1.60. The van der Waals surface area contributed by atoms with Gasteiger partial charge in [0.05, 0.1) is 17.4 Å². The van der Waals surface area contributed by atoms with Gasteiger partial charge < -0.3 is 15.7 Å². The van der Waals surface area contributed by atoms with Crippen LogP contribution in [-0.2, 0) is 22.4 Å². The van der Waals surface area contributed by atoms with Gasteiger partial charge in [-0.3, -0.25) is 14.4 Å². The fourth-order valence-corrected chi connectivity index (χ4v) is 5.87. The van der Waals surface area contributed by atoms with Crippen molar-refractivity contribution in [3.63, 3.8) is 0 Å². The number of carbonyl (C=O) groups excluding carboxylic acids is 2. The second-order valence-electron chi connectivity index (χ2n) is 8.16. The molecule has 2 aromatic rings. The van der Waals surface area contributed by atoms with E-state index in [1.165, 1.54) is 11.3 Å². The maximum absolute atomic E-state index is 13.2. The molecular formula is C23H26N2O4S. The van der Waals surface area contributed by atoms with Crippen molar-refractivity contribution >= 4 is 39.8 Å². The monoisotopic (exact) mass is 426 g/mol. The van der Waals surface area contributed by atoms with E-state index in [1.54, 1.807) is 0 Å². The number of hydrogen-bond acceptors (Lipinski definition) is 4. The fraction of sp³-hybridized carbons (Fsp3) is 0.435. The number of rotatable bonds is 5. The zero-order valence-corrected chi connectivity index (χ0v) is 17.8. The summed E-state index contributed by atoms with van der Waals surface area (Å²) in [7, 11) is 0. The molecule has 0 aliphatic heterocycles. The first-order chi connectivity index (χ1) is 14.5. The molecular weight excluding hydrogens is 400 g/mol. The van der Waals surface area contributed by atoms with Crippen LogP contribution in [0.1, 0.15) is 58.5 Å². The summed E-state index contributed by atoms with van der Waals surface area (Å²) < 4.78 is 0. The van der Waals surface area contributed by atoms with E-state index in [9.17, 15) is 19.5 Å². The maximum atomic E-state index is 13.2. The summed E-state index contributed by atoms with van der Waals surface area (Å²) in [6.45, 7) is 1.94. The number of anilines is 2. The highest BCUT2D eigenvalue weighted by Gasteiger charge is 2.37. The lowest BCUT2D eigenvalue weighted by atomic mass is 9.79. The van der Waals surface area contributed by atoms with Crippen molar-refractivity contribution in [3.05, 3.63) is 45.8 Å². The molecule has 1 aromatic heterocycles. The molecule has 2 aliphatic rings. The molecule has 0 bridgehead atoms. The van der Waals surface area contributed by atoms with E-state index in [4.69, 9.17) is 0 Å². The number of thiophene rings is 1. The first kappa shape index (κ1) is 20.6. The Morgan fingerprint density at radius 2 is 1.73 bits per heavy atom. The summed E-state index contributed by atoms with van der Waals surface area (Å²) in [6.07, 6.45) is 5.50. The summed E-state index contributed by atoms with van der Waals surface area (Å²) in [5.74, 6) is -2.64. The van der Waals surface area contributed by atoms with Crippen molar-refractivity contribution < 1.29 is 19.5 Å². The molecule has 4 rings (SSSR count). The molecule has 3 N–H and O–H groups in total. The molecule has 2 amide bonds. The Labute approximate surface area is 179 Å². The number of carboxylic acid groups (broad SMARTS) is 1. The van der Waals surface area contributed by atoms with Crippen molar-refractivity contribution in [1.82, 2.24) is 0 Å². The quantitative estimate of drug-likeness (QED) is 0.650. The minimum atomic E-state index is -0.916. The minimum Gasteiger partial charge on any atom is -0.481 e. The lowest BCUT2D eigenvalue weighted by Crippen LogP contribution is -2.36. The van der Waals surface area contributed by atoms with Crippen LogP contribution in [0.15, 0.2) is 24.3 Å². The third-order valence-electron chi connectivity index (χ3n) is 6.20. The van der Waals surface area contributed by atoms with E-state index in [-0.39, 0.29) is 11.8 Å². The third-order valence-corrected chi connectivity index (χ3v) is 7.41. The molecule has 0 unspecified atom stereocenters. The van der Waals surface area contributed by atoms with E-state index < -0.39 is 17.8 Å². The van der Waals surface area contributed by atoms with Gasteiger partial charge in [0, 0.05) is 10.6 Å². The van der Waals surface area contributed by atoms with Gasteiger partial charge >= 0.3 is 5.97 Å². The molecule has 1 heterocycles. The van der Waals surface area contributed by atoms with Crippen LogP contribution >= 0.6 is 11.3 Å². The van der Waals surface area contributed by atoms with Gasteiger partial charge in [-0.2, -0.15) is 0 Å². The summed E-state index contributed by atoms with van der Waals surface area (Å²) in [5.41, 5.74) is 3.26. The third kappa shape index (κ3) is 3.99. The zero-order valence-electron chi connectivity index (χ0n) is 17.0. The lowest BCUT2D eigenvalue weighted by Gasteiger charge is -2.27. The van der Waals surface area contributed by atoms with E-state index >= 15 is 0 Å². The fourth-order valence-electron chi connectivity index (χ4n) is 4.58. The van der Waals surface area contributed by atoms with Gasteiger partial charge in [0.25, 0.3) is 5.91 Å². The second kappa shape index (κ2) is 8.60. The first-order valence-corrected chi connectivity index (χ1v) is 11.3. The van der Waals surface area contributed by atoms with Crippen LogP contribution in [0.4, 0.5) is 10.7 Å². The van der Waals surface area contributed by atoms with Crippen LogP contribution in [0.3, 0.4) is 0 Å². The molecule has 0 spiro atoms. The highest BCUT2D eigenvalue weighted by atomic mass is 32.1. The SMILES string of the molecule is Cc1ccccc1NC(=O)c1c(NC(=O)[C@H]2CCCC[C@H]2C(=O)O)sc2c1CCC2. The Kier molecular flexibility index (Phi) is 5.90. The van der Waals surface area contributed by atoms with E-state index in [1.807, 2.05) is 31.2 Å².